The van der Waals surface area contributed by atoms with Crippen LogP contribution in [0.15, 0.2) is 152 Å². The van der Waals surface area contributed by atoms with Gasteiger partial charge >= 0.3 is 0 Å². The molecule has 5 nitrogen and oxygen atoms in total. The van der Waals surface area contributed by atoms with Crippen molar-refractivity contribution >= 4 is 43.6 Å². The molecule has 0 aliphatic rings. The van der Waals surface area contributed by atoms with E-state index in [1.807, 2.05) is 97.1 Å². The lowest BCUT2D eigenvalue weighted by molar-refractivity contribution is 1.18. The van der Waals surface area contributed by atoms with E-state index in [0.717, 1.165) is 77.2 Å². The van der Waals surface area contributed by atoms with Crippen molar-refractivity contribution in [1.82, 2.24) is 9.13 Å². The summed E-state index contributed by atoms with van der Waals surface area (Å²) in [4.78, 5) is 0. The van der Waals surface area contributed by atoms with E-state index in [1.165, 1.54) is 0 Å². The Morgan fingerprint density at radius 3 is 1.62 bits per heavy atom. The van der Waals surface area contributed by atoms with Crippen LogP contribution in [0, 0.1) is 34.0 Å². The molecule has 5 heteroatoms. The monoisotopic (exact) mass is 635 g/mol. The molecule has 0 amide bonds. The Morgan fingerprint density at radius 2 is 0.940 bits per heavy atom. The maximum Gasteiger partial charge on any atom is 0.100 e. The molecule has 230 valence electrons. The molecule has 0 atom stereocenters. The van der Waals surface area contributed by atoms with Crippen molar-refractivity contribution in [2.45, 2.75) is 0 Å². The lowest BCUT2D eigenvalue weighted by atomic mass is 9.91. The molecule has 0 spiro atoms. The zero-order chi connectivity index (χ0) is 33.8. The highest BCUT2D eigenvalue weighted by atomic mass is 15.0. The van der Waals surface area contributed by atoms with Gasteiger partial charge in [0.05, 0.1) is 56.6 Å². The van der Waals surface area contributed by atoms with Crippen LogP contribution in [0.4, 0.5) is 0 Å². The summed E-state index contributed by atoms with van der Waals surface area (Å²) >= 11 is 0. The number of hydrogen-bond acceptors (Lipinski definition) is 3. The zero-order valence-electron chi connectivity index (χ0n) is 26.7. The molecule has 0 aliphatic carbocycles. The van der Waals surface area contributed by atoms with Crippen LogP contribution in [0.1, 0.15) is 16.7 Å². The van der Waals surface area contributed by atoms with Gasteiger partial charge in [-0.05, 0) is 66.2 Å². The second kappa shape index (κ2) is 11.4. The summed E-state index contributed by atoms with van der Waals surface area (Å²) in [7, 11) is 0. The number of aromatic nitrogens is 2. The smallest absolute Gasteiger partial charge is 0.100 e. The van der Waals surface area contributed by atoms with E-state index >= 15 is 0 Å². The van der Waals surface area contributed by atoms with Crippen LogP contribution in [-0.2, 0) is 0 Å². The Morgan fingerprint density at radius 1 is 0.380 bits per heavy atom. The minimum absolute atomic E-state index is 0.510. The number of hydrogen-bond donors (Lipinski definition) is 0. The molecule has 0 radical (unpaired) electrons. The molecule has 0 saturated carbocycles. The predicted octanol–water partition coefficient (Wildman–Crippen LogP) is 10.8. The first-order valence-electron chi connectivity index (χ1n) is 16.3. The van der Waals surface area contributed by atoms with E-state index in [9.17, 15) is 15.8 Å². The SMILES string of the molecule is N#Cc1cc(-c2cccc(-c3ccccc3-n3c4ccccc4c4cc(C#N)ccc43)c2C#N)cc(-n2c3ccccc3c3ccccc32)c1. The molecule has 2 heterocycles. The van der Waals surface area contributed by atoms with Crippen molar-refractivity contribution in [2.24, 2.45) is 0 Å². The number of fused-ring (bicyclic) bond motifs is 6. The molecule has 0 unspecified atom stereocenters. The molecular weight excluding hydrogens is 611 g/mol. The maximum atomic E-state index is 10.8. The fourth-order valence-electron chi connectivity index (χ4n) is 7.50. The molecule has 9 aromatic rings. The lowest BCUT2D eigenvalue weighted by Crippen LogP contribution is -2.00. The Balaban J connectivity index is 1.28. The molecule has 7 aromatic carbocycles. The van der Waals surface area contributed by atoms with Crippen molar-refractivity contribution in [1.29, 1.82) is 15.8 Å². The first-order valence-corrected chi connectivity index (χ1v) is 16.3. The highest BCUT2D eigenvalue weighted by Crippen LogP contribution is 2.40. The van der Waals surface area contributed by atoms with Crippen molar-refractivity contribution < 1.29 is 0 Å². The Hall–Kier alpha value is -7.39. The summed E-state index contributed by atoms with van der Waals surface area (Å²) in [5, 5.41) is 35.0. The normalized spacial score (nSPS) is 11.1. The minimum atomic E-state index is 0.510. The average molecular weight is 636 g/mol. The molecule has 50 heavy (non-hydrogen) atoms. The third kappa shape index (κ3) is 4.31. The molecule has 9 rings (SSSR count). The van der Waals surface area contributed by atoms with Gasteiger partial charge in [-0.25, -0.2) is 0 Å². The van der Waals surface area contributed by atoms with Gasteiger partial charge in [-0.1, -0.05) is 91.0 Å². The average Bonchev–Trinajstić information content (AvgIpc) is 3.70. The lowest BCUT2D eigenvalue weighted by Gasteiger charge is -2.17. The van der Waals surface area contributed by atoms with Gasteiger partial charge < -0.3 is 9.13 Å². The standard InChI is InChI=1S/C45H25N5/c46-26-29-20-21-45-39(24-29)38-13-4-8-19-44(38)50(45)43-18-7-1-10-35(43)34-15-9-14-33(40(34)28-48)31-22-30(27-47)23-32(25-31)49-41-16-5-2-11-36(41)37-12-3-6-17-42(37)49/h1-25H. The highest BCUT2D eigenvalue weighted by molar-refractivity contribution is 6.11. The number of para-hydroxylation sites is 4. The third-order valence-electron chi connectivity index (χ3n) is 9.61. The van der Waals surface area contributed by atoms with E-state index in [4.69, 9.17) is 0 Å². The summed E-state index contributed by atoms with van der Waals surface area (Å²) in [5.41, 5.74) is 10.7. The zero-order valence-corrected chi connectivity index (χ0v) is 26.7. The number of nitrogens with zero attached hydrogens (tertiary/aromatic N) is 5. The summed E-state index contributed by atoms with van der Waals surface area (Å²) in [5.74, 6) is 0. The third-order valence-corrected chi connectivity index (χ3v) is 9.61. The molecular formula is C45H25N5. The summed E-state index contributed by atoms with van der Waals surface area (Å²) in [6.07, 6.45) is 0. The van der Waals surface area contributed by atoms with Crippen LogP contribution in [0.2, 0.25) is 0 Å². The van der Waals surface area contributed by atoms with E-state index in [0.29, 0.717) is 16.7 Å². The van der Waals surface area contributed by atoms with Crippen LogP contribution in [0.3, 0.4) is 0 Å². The van der Waals surface area contributed by atoms with Gasteiger partial charge in [0, 0.05) is 43.9 Å². The Kier molecular flexibility index (Phi) is 6.56. The molecule has 0 aliphatic heterocycles. The highest BCUT2D eigenvalue weighted by Gasteiger charge is 2.20. The molecule has 0 fully saturated rings. The largest absolute Gasteiger partial charge is 0.309 e. The van der Waals surface area contributed by atoms with Crippen LogP contribution >= 0.6 is 0 Å². The second-order valence-electron chi connectivity index (χ2n) is 12.3. The number of rotatable bonds is 4. The summed E-state index contributed by atoms with van der Waals surface area (Å²) in [6, 6.07) is 57.7. The van der Waals surface area contributed by atoms with E-state index in [2.05, 4.69) is 81.9 Å². The van der Waals surface area contributed by atoms with Gasteiger partial charge in [-0.3, -0.25) is 0 Å². The van der Waals surface area contributed by atoms with Crippen molar-refractivity contribution in [3.63, 3.8) is 0 Å². The molecule has 2 aromatic heterocycles. The molecule has 0 N–H and O–H groups in total. The van der Waals surface area contributed by atoms with Gasteiger partial charge in [-0.15, -0.1) is 0 Å². The quantitative estimate of drug-likeness (QED) is 0.193. The van der Waals surface area contributed by atoms with Gasteiger partial charge in [0.2, 0.25) is 0 Å². The second-order valence-corrected chi connectivity index (χ2v) is 12.3. The summed E-state index contributed by atoms with van der Waals surface area (Å²) in [6.45, 7) is 0. The van der Waals surface area contributed by atoms with Crippen molar-refractivity contribution in [3.05, 3.63) is 168 Å². The Labute approximate surface area is 287 Å². The minimum Gasteiger partial charge on any atom is -0.309 e. The first-order chi connectivity index (χ1) is 24.7. The fourth-order valence-corrected chi connectivity index (χ4v) is 7.50. The predicted molar refractivity (Wildman–Crippen MR) is 200 cm³/mol. The van der Waals surface area contributed by atoms with Crippen LogP contribution in [0.5, 0.6) is 0 Å². The van der Waals surface area contributed by atoms with Crippen molar-refractivity contribution in [3.8, 4) is 51.8 Å². The van der Waals surface area contributed by atoms with E-state index in [-0.39, 0.29) is 0 Å². The van der Waals surface area contributed by atoms with Crippen molar-refractivity contribution in [2.75, 3.05) is 0 Å². The van der Waals surface area contributed by atoms with Crippen LogP contribution in [-0.4, -0.2) is 9.13 Å². The van der Waals surface area contributed by atoms with Gasteiger partial charge in [0.15, 0.2) is 0 Å². The van der Waals surface area contributed by atoms with Crippen LogP contribution in [0.25, 0.3) is 77.2 Å². The van der Waals surface area contributed by atoms with E-state index in [1.54, 1.807) is 0 Å². The summed E-state index contributed by atoms with van der Waals surface area (Å²) < 4.78 is 4.41. The van der Waals surface area contributed by atoms with Crippen LogP contribution < -0.4 is 0 Å². The Bertz CT molecular complexity index is 2920. The fraction of sp³-hybridized carbons (Fsp3) is 0. The molecule has 0 saturated heterocycles. The number of nitriles is 3. The first kappa shape index (κ1) is 28.8. The maximum absolute atomic E-state index is 10.8. The number of benzene rings is 7. The van der Waals surface area contributed by atoms with E-state index < -0.39 is 0 Å². The van der Waals surface area contributed by atoms with Gasteiger partial charge in [0.25, 0.3) is 0 Å². The van der Waals surface area contributed by atoms with Gasteiger partial charge in [0.1, 0.15) is 6.07 Å². The molecule has 0 bridgehead atoms. The van der Waals surface area contributed by atoms with Gasteiger partial charge in [-0.2, -0.15) is 15.8 Å². The topological polar surface area (TPSA) is 81.2 Å².